The summed E-state index contributed by atoms with van der Waals surface area (Å²) in [5.41, 5.74) is 1.92. The maximum absolute atomic E-state index is 14.0. The lowest BCUT2D eigenvalue weighted by atomic mass is 10.1. The smallest absolute Gasteiger partial charge is 0.406 e. The highest BCUT2D eigenvalue weighted by Gasteiger charge is 2.33. The van der Waals surface area contributed by atoms with Crippen LogP contribution in [-0.4, -0.2) is 42.0 Å². The predicted molar refractivity (Wildman–Crippen MR) is 146 cm³/mol. The molecule has 2 N–H and O–H groups in total. The third-order valence-corrected chi connectivity index (χ3v) is 6.67. The molecular formula is C28H24F6N8O2. The van der Waals surface area contributed by atoms with E-state index in [4.69, 9.17) is 0 Å². The van der Waals surface area contributed by atoms with Crippen molar-refractivity contribution in [3.05, 3.63) is 88.5 Å². The number of ether oxygens (including phenoxy) is 1. The highest BCUT2D eigenvalue weighted by Crippen LogP contribution is 2.34. The van der Waals surface area contributed by atoms with Crippen LogP contribution in [0.5, 0.6) is 5.75 Å². The number of alkyl halides is 6. The fourth-order valence-corrected chi connectivity index (χ4v) is 4.73. The lowest BCUT2D eigenvalue weighted by Gasteiger charge is -2.12. The Balaban J connectivity index is 1.63. The normalized spacial score (nSPS) is 12.6. The van der Waals surface area contributed by atoms with Gasteiger partial charge in [-0.15, -0.1) is 13.2 Å². The maximum Gasteiger partial charge on any atom is 0.573 e. The topological polar surface area (TPSA) is 115 Å². The van der Waals surface area contributed by atoms with Gasteiger partial charge in [-0.2, -0.15) is 13.2 Å². The molecule has 0 radical (unpaired) electrons. The van der Waals surface area contributed by atoms with Crippen LogP contribution in [0.15, 0.2) is 65.7 Å². The highest BCUT2D eigenvalue weighted by molar-refractivity contribution is 6.03. The molecule has 0 bridgehead atoms. The number of benzene rings is 3. The first kappa shape index (κ1) is 30.3. The first-order valence-corrected chi connectivity index (χ1v) is 13.2. The molecule has 0 atom stereocenters. The van der Waals surface area contributed by atoms with E-state index < -0.39 is 29.8 Å². The molecular weight excluding hydrogens is 594 g/mol. The molecule has 16 heteroatoms. The molecule has 230 valence electrons. The van der Waals surface area contributed by atoms with Crippen LogP contribution in [0.2, 0.25) is 0 Å². The van der Waals surface area contributed by atoms with Crippen LogP contribution in [0.4, 0.5) is 38.0 Å². The molecule has 0 aliphatic heterocycles. The van der Waals surface area contributed by atoms with Gasteiger partial charge in [0.25, 0.3) is 5.91 Å². The van der Waals surface area contributed by atoms with Crippen molar-refractivity contribution < 1.29 is 35.9 Å². The summed E-state index contributed by atoms with van der Waals surface area (Å²) < 4.78 is 87.1. The number of aryl methyl sites for hydroxylation is 2. The number of hydrogen-bond donors (Lipinski definition) is 2. The lowest BCUT2D eigenvalue weighted by molar-refractivity contribution is -0.274. The van der Waals surface area contributed by atoms with Crippen molar-refractivity contribution in [2.75, 3.05) is 5.32 Å². The summed E-state index contributed by atoms with van der Waals surface area (Å²) in [6.45, 7) is 3.97. The van der Waals surface area contributed by atoms with E-state index in [-0.39, 0.29) is 34.9 Å². The molecule has 0 saturated carbocycles. The van der Waals surface area contributed by atoms with Crippen LogP contribution >= 0.6 is 0 Å². The number of nitrogens with zero attached hydrogens (tertiary/aromatic N) is 6. The Morgan fingerprint density at radius 3 is 2.25 bits per heavy atom. The second-order valence-electron chi connectivity index (χ2n) is 9.54. The van der Waals surface area contributed by atoms with Gasteiger partial charge >= 0.3 is 12.5 Å². The molecule has 0 aliphatic carbocycles. The number of hydrogen-bond acceptors (Lipinski definition) is 6. The number of amides is 1. The summed E-state index contributed by atoms with van der Waals surface area (Å²) in [6, 6.07) is 13.4. The Morgan fingerprint density at radius 2 is 1.68 bits per heavy atom. The largest absolute Gasteiger partial charge is 0.573 e. The fraction of sp³-hybridized carbons (Fsp3) is 0.250. The minimum atomic E-state index is -4.87. The minimum Gasteiger partial charge on any atom is -0.406 e. The Kier molecular flexibility index (Phi) is 8.17. The van der Waals surface area contributed by atoms with Crippen LogP contribution in [0.1, 0.15) is 40.9 Å². The number of fused-ring (bicyclic) bond motifs is 1. The number of carbonyl (C=O) groups excluding carboxylic acids is 1. The van der Waals surface area contributed by atoms with Crippen LogP contribution in [0.25, 0.3) is 11.0 Å². The predicted octanol–water partition coefficient (Wildman–Crippen LogP) is 5.99. The van der Waals surface area contributed by atoms with Crippen LogP contribution in [0, 0.1) is 0 Å². The van der Waals surface area contributed by atoms with Crippen LogP contribution in [0.3, 0.4) is 0 Å². The van der Waals surface area contributed by atoms with E-state index in [9.17, 15) is 31.1 Å². The number of carbonyl (C=O) groups is 1. The Labute approximate surface area is 245 Å². The van der Waals surface area contributed by atoms with E-state index in [1.54, 1.807) is 40.3 Å². The van der Waals surface area contributed by atoms with Crippen molar-refractivity contribution in [3.8, 4) is 5.75 Å². The lowest BCUT2D eigenvalue weighted by Crippen LogP contribution is -2.26. The Morgan fingerprint density at radius 1 is 0.977 bits per heavy atom. The number of H-pyrrole nitrogens is 1. The summed E-state index contributed by atoms with van der Waals surface area (Å²) in [7, 11) is 0. The van der Waals surface area contributed by atoms with Gasteiger partial charge in [0.1, 0.15) is 5.75 Å². The zero-order valence-electron chi connectivity index (χ0n) is 23.2. The van der Waals surface area contributed by atoms with Gasteiger partial charge in [-0.25, -0.2) is 10.1 Å². The first-order valence-electron chi connectivity index (χ1n) is 13.2. The highest BCUT2D eigenvalue weighted by atomic mass is 19.4. The second kappa shape index (κ2) is 11.9. The van der Waals surface area contributed by atoms with Crippen molar-refractivity contribution >= 4 is 28.6 Å². The zero-order chi connectivity index (χ0) is 31.6. The van der Waals surface area contributed by atoms with Gasteiger partial charge in [-0.1, -0.05) is 24.2 Å². The molecule has 0 unspecified atom stereocenters. The Hall–Kier alpha value is -5.15. The molecule has 0 saturated heterocycles. The van der Waals surface area contributed by atoms with E-state index in [1.807, 2.05) is 6.92 Å². The van der Waals surface area contributed by atoms with Gasteiger partial charge in [0.05, 0.1) is 28.8 Å². The number of imidazole rings is 1. The minimum absolute atomic E-state index is 0.0541. The van der Waals surface area contributed by atoms with E-state index in [1.165, 1.54) is 12.1 Å². The Bertz CT molecular complexity index is 1840. The standard InChI is InChI=1S/C28H24F6N8O2/c1-3-17-13-19(27(29,30)31)14-22-23(17)41(4-2)26(35-20-9-11-21(12-10-20)44-28(32,33)34)42(22)15-16-5-7-18(8-6-16)24(43)36-25-37-39-40-38-25/h5-14H,3-4,15H2,1-2H3,(H2,36,37,38,39,40,43)/b35-26+. The molecule has 2 aromatic heterocycles. The number of tetrazole rings is 1. The third kappa shape index (κ3) is 6.58. The third-order valence-electron chi connectivity index (χ3n) is 6.67. The van der Waals surface area contributed by atoms with E-state index in [0.29, 0.717) is 29.6 Å². The molecule has 44 heavy (non-hydrogen) atoms. The quantitative estimate of drug-likeness (QED) is 0.208. The van der Waals surface area contributed by atoms with Gasteiger partial charge in [0.15, 0.2) is 0 Å². The summed E-state index contributed by atoms with van der Waals surface area (Å²) in [5, 5.41) is 15.3. The van der Waals surface area contributed by atoms with Gasteiger partial charge in [0, 0.05) is 12.1 Å². The summed E-state index contributed by atoms with van der Waals surface area (Å²) in [6.07, 6.45) is -9.17. The molecule has 10 nitrogen and oxygen atoms in total. The number of rotatable bonds is 8. The van der Waals surface area contributed by atoms with Crippen molar-refractivity contribution in [1.82, 2.24) is 29.8 Å². The van der Waals surface area contributed by atoms with Gasteiger partial charge in [-0.3, -0.25) is 10.1 Å². The van der Waals surface area contributed by atoms with Gasteiger partial charge in [-0.05, 0) is 83.4 Å². The molecule has 1 amide bonds. The van der Waals surface area contributed by atoms with E-state index in [0.717, 1.165) is 24.3 Å². The monoisotopic (exact) mass is 618 g/mol. The first-order chi connectivity index (χ1) is 20.9. The van der Waals surface area contributed by atoms with Gasteiger partial charge < -0.3 is 13.9 Å². The van der Waals surface area contributed by atoms with Crippen molar-refractivity contribution in [2.45, 2.75) is 45.9 Å². The van der Waals surface area contributed by atoms with Crippen LogP contribution < -0.4 is 15.7 Å². The molecule has 2 heterocycles. The number of aromatic amines is 1. The maximum atomic E-state index is 14.0. The molecule has 0 spiro atoms. The summed E-state index contributed by atoms with van der Waals surface area (Å²) in [5.74, 6) is -0.869. The van der Waals surface area contributed by atoms with Crippen LogP contribution in [-0.2, 0) is 25.7 Å². The molecule has 0 aliphatic rings. The van der Waals surface area contributed by atoms with E-state index >= 15 is 0 Å². The summed E-state index contributed by atoms with van der Waals surface area (Å²) >= 11 is 0. The number of halogens is 6. The number of anilines is 1. The van der Waals surface area contributed by atoms with E-state index in [2.05, 4.69) is 35.7 Å². The van der Waals surface area contributed by atoms with Gasteiger partial charge in [0.2, 0.25) is 11.6 Å². The average molecular weight is 619 g/mol. The fourth-order valence-electron chi connectivity index (χ4n) is 4.73. The molecule has 3 aromatic carbocycles. The molecule has 5 aromatic rings. The van der Waals surface area contributed by atoms with Crippen molar-refractivity contribution in [2.24, 2.45) is 4.99 Å². The zero-order valence-corrected chi connectivity index (χ0v) is 23.2. The summed E-state index contributed by atoms with van der Waals surface area (Å²) in [4.78, 5) is 17.2. The van der Waals surface area contributed by atoms with Crippen molar-refractivity contribution in [1.29, 1.82) is 0 Å². The second-order valence-corrected chi connectivity index (χ2v) is 9.54. The molecule has 0 fully saturated rings. The van der Waals surface area contributed by atoms with Crippen molar-refractivity contribution in [3.63, 3.8) is 0 Å². The average Bonchev–Trinajstić information content (AvgIpc) is 3.58. The number of aromatic nitrogens is 6. The number of nitrogens with one attached hydrogen (secondary N) is 2. The molecule has 5 rings (SSSR count). The SMILES string of the molecule is CCc1cc(C(F)(F)F)cc2c1n(CC)/c(=N\c1ccc(OC(F)(F)F)cc1)n2Cc1ccc(C(=O)Nc2nnn[nH]2)cc1.